The zero-order valence-electron chi connectivity index (χ0n) is 15.7. The Hall–Kier alpha value is -1.35. The Morgan fingerprint density at radius 3 is 2.69 bits per heavy atom. The van der Waals surface area contributed by atoms with Gasteiger partial charge >= 0.3 is 0 Å². The maximum absolute atomic E-state index is 6.22. The summed E-state index contributed by atoms with van der Waals surface area (Å²) in [5, 5.41) is 8.10. The lowest BCUT2D eigenvalue weighted by Crippen LogP contribution is -2.39. The molecule has 1 N–H and O–H groups in total. The summed E-state index contributed by atoms with van der Waals surface area (Å²) < 4.78 is 5.25. The van der Waals surface area contributed by atoms with Crippen LogP contribution in [0.2, 0.25) is 5.02 Å². The summed E-state index contributed by atoms with van der Waals surface area (Å²) in [6.45, 7) is 5.57. The van der Waals surface area contributed by atoms with E-state index in [2.05, 4.69) is 34.3 Å². The number of halogens is 2. The van der Waals surface area contributed by atoms with Crippen molar-refractivity contribution in [2.24, 2.45) is 4.99 Å². The molecule has 0 atom stereocenters. The average molecular weight is 492 g/mol. The van der Waals surface area contributed by atoms with Crippen molar-refractivity contribution >= 4 is 41.5 Å². The Morgan fingerprint density at radius 2 is 2.08 bits per heavy atom. The first-order valence-corrected chi connectivity index (χ1v) is 8.86. The third-order valence-corrected chi connectivity index (χ3v) is 4.16. The molecule has 8 heteroatoms. The first kappa shape index (κ1) is 22.7. The normalized spacial score (nSPS) is 11.4. The van der Waals surface area contributed by atoms with Crippen LogP contribution in [0.5, 0.6) is 0 Å². The summed E-state index contributed by atoms with van der Waals surface area (Å²) in [7, 11) is 3.77. The molecule has 0 aliphatic rings. The van der Waals surface area contributed by atoms with Gasteiger partial charge in [-0.25, -0.2) is 0 Å². The van der Waals surface area contributed by atoms with Gasteiger partial charge in [0.1, 0.15) is 0 Å². The largest absolute Gasteiger partial charge is 0.356 e. The minimum Gasteiger partial charge on any atom is -0.356 e. The van der Waals surface area contributed by atoms with Gasteiger partial charge in [-0.2, -0.15) is 4.98 Å². The SMILES string of the molecule is CN=C(NCCCc1nc(C(C)C)no1)N(C)Cc1ccccc1Cl.I. The van der Waals surface area contributed by atoms with Gasteiger partial charge in [0.25, 0.3) is 0 Å². The number of nitrogens with one attached hydrogen (secondary N) is 1. The third kappa shape index (κ3) is 6.75. The Labute approximate surface area is 177 Å². The molecular weight excluding hydrogens is 465 g/mol. The van der Waals surface area contributed by atoms with Gasteiger partial charge in [-0.15, -0.1) is 24.0 Å². The van der Waals surface area contributed by atoms with Gasteiger partial charge in [-0.05, 0) is 18.1 Å². The lowest BCUT2D eigenvalue weighted by Gasteiger charge is -2.22. The van der Waals surface area contributed by atoms with Gasteiger partial charge in [0.15, 0.2) is 11.8 Å². The quantitative estimate of drug-likeness (QED) is 0.273. The van der Waals surface area contributed by atoms with Gasteiger partial charge in [0.2, 0.25) is 5.89 Å². The van der Waals surface area contributed by atoms with E-state index in [4.69, 9.17) is 16.1 Å². The van der Waals surface area contributed by atoms with Crippen LogP contribution in [-0.4, -0.2) is 41.6 Å². The number of hydrogen-bond acceptors (Lipinski definition) is 4. The van der Waals surface area contributed by atoms with Crippen molar-refractivity contribution in [3.8, 4) is 0 Å². The fourth-order valence-corrected chi connectivity index (χ4v) is 2.58. The minimum absolute atomic E-state index is 0. The van der Waals surface area contributed by atoms with Crippen LogP contribution in [0.4, 0.5) is 0 Å². The standard InChI is InChI=1S/C18H26ClN5O.HI/c1-13(2)17-22-16(25-23-17)10-7-11-21-18(20-3)24(4)12-14-8-5-6-9-15(14)19;/h5-6,8-9,13H,7,10-12H2,1-4H3,(H,20,21);1H. The van der Waals surface area contributed by atoms with E-state index in [1.807, 2.05) is 36.2 Å². The van der Waals surface area contributed by atoms with Crippen LogP contribution in [0.3, 0.4) is 0 Å². The second-order valence-corrected chi connectivity index (χ2v) is 6.63. The molecule has 0 radical (unpaired) electrons. The third-order valence-electron chi connectivity index (χ3n) is 3.79. The first-order chi connectivity index (χ1) is 12.0. The van der Waals surface area contributed by atoms with Crippen molar-refractivity contribution in [3.05, 3.63) is 46.6 Å². The van der Waals surface area contributed by atoms with Gasteiger partial charge < -0.3 is 14.7 Å². The van der Waals surface area contributed by atoms with E-state index in [1.165, 1.54) is 0 Å². The van der Waals surface area contributed by atoms with E-state index in [-0.39, 0.29) is 29.9 Å². The Kier molecular flexibility index (Phi) is 9.93. The lowest BCUT2D eigenvalue weighted by atomic mass is 10.2. The van der Waals surface area contributed by atoms with Crippen molar-refractivity contribution in [2.45, 2.75) is 39.2 Å². The van der Waals surface area contributed by atoms with E-state index < -0.39 is 0 Å². The number of aliphatic imine (C=N–C) groups is 1. The summed E-state index contributed by atoms with van der Waals surface area (Å²) >= 11 is 6.22. The van der Waals surface area contributed by atoms with Crippen molar-refractivity contribution in [1.82, 2.24) is 20.4 Å². The van der Waals surface area contributed by atoms with E-state index >= 15 is 0 Å². The molecular formula is C18H27ClIN5O. The summed E-state index contributed by atoms with van der Waals surface area (Å²) in [6, 6.07) is 7.84. The Bertz CT molecular complexity index is 704. The molecule has 0 fully saturated rings. The number of benzene rings is 1. The zero-order chi connectivity index (χ0) is 18.2. The number of aryl methyl sites for hydroxylation is 1. The molecule has 0 bridgehead atoms. The maximum atomic E-state index is 6.22. The minimum atomic E-state index is 0. The van der Waals surface area contributed by atoms with Crippen LogP contribution in [-0.2, 0) is 13.0 Å². The molecule has 0 spiro atoms. The van der Waals surface area contributed by atoms with Gasteiger partial charge in [-0.3, -0.25) is 4.99 Å². The maximum Gasteiger partial charge on any atom is 0.226 e. The van der Waals surface area contributed by atoms with E-state index in [0.29, 0.717) is 12.4 Å². The van der Waals surface area contributed by atoms with Crippen LogP contribution in [0.15, 0.2) is 33.8 Å². The highest BCUT2D eigenvalue weighted by Crippen LogP contribution is 2.16. The molecule has 0 saturated carbocycles. The molecule has 0 unspecified atom stereocenters. The van der Waals surface area contributed by atoms with Crippen molar-refractivity contribution in [2.75, 3.05) is 20.6 Å². The van der Waals surface area contributed by atoms with Crippen LogP contribution in [0.1, 0.15) is 43.5 Å². The van der Waals surface area contributed by atoms with Crippen LogP contribution in [0.25, 0.3) is 0 Å². The fourth-order valence-electron chi connectivity index (χ4n) is 2.39. The highest BCUT2D eigenvalue weighted by Gasteiger charge is 2.11. The summed E-state index contributed by atoms with van der Waals surface area (Å²) in [4.78, 5) is 10.8. The highest BCUT2D eigenvalue weighted by molar-refractivity contribution is 14.0. The molecule has 1 heterocycles. The van der Waals surface area contributed by atoms with Crippen molar-refractivity contribution in [3.63, 3.8) is 0 Å². The second kappa shape index (κ2) is 11.4. The smallest absolute Gasteiger partial charge is 0.226 e. The number of hydrogen-bond donors (Lipinski definition) is 1. The monoisotopic (exact) mass is 491 g/mol. The molecule has 1 aromatic carbocycles. The highest BCUT2D eigenvalue weighted by atomic mass is 127. The predicted molar refractivity (Wildman–Crippen MR) is 116 cm³/mol. The van der Waals surface area contributed by atoms with E-state index in [9.17, 15) is 0 Å². The topological polar surface area (TPSA) is 66.5 Å². The van der Waals surface area contributed by atoms with Gasteiger partial charge in [0, 0.05) is 44.5 Å². The summed E-state index contributed by atoms with van der Waals surface area (Å²) in [6.07, 6.45) is 1.64. The first-order valence-electron chi connectivity index (χ1n) is 8.49. The average Bonchev–Trinajstić information content (AvgIpc) is 3.06. The van der Waals surface area contributed by atoms with Gasteiger partial charge in [-0.1, -0.05) is 48.8 Å². The second-order valence-electron chi connectivity index (χ2n) is 6.23. The summed E-state index contributed by atoms with van der Waals surface area (Å²) in [5.41, 5.74) is 1.07. The fraction of sp³-hybridized carbons (Fsp3) is 0.500. The Balaban J connectivity index is 0.00000338. The van der Waals surface area contributed by atoms with Crippen molar-refractivity contribution in [1.29, 1.82) is 0 Å². The number of rotatable bonds is 7. The number of aromatic nitrogens is 2. The van der Waals surface area contributed by atoms with Crippen LogP contribution in [0, 0.1) is 0 Å². The lowest BCUT2D eigenvalue weighted by molar-refractivity contribution is 0.368. The molecule has 0 aliphatic heterocycles. The molecule has 26 heavy (non-hydrogen) atoms. The van der Waals surface area contributed by atoms with E-state index in [1.54, 1.807) is 7.05 Å². The molecule has 2 aromatic rings. The molecule has 6 nitrogen and oxygen atoms in total. The molecule has 1 aromatic heterocycles. The molecule has 0 aliphatic carbocycles. The molecule has 0 saturated heterocycles. The molecule has 2 rings (SSSR count). The number of nitrogens with zero attached hydrogens (tertiary/aromatic N) is 4. The summed E-state index contributed by atoms with van der Waals surface area (Å²) in [5.74, 6) is 2.56. The Morgan fingerprint density at radius 1 is 1.35 bits per heavy atom. The molecule has 144 valence electrons. The van der Waals surface area contributed by atoms with Crippen LogP contribution < -0.4 is 5.32 Å². The van der Waals surface area contributed by atoms with E-state index in [0.717, 1.165) is 41.8 Å². The zero-order valence-corrected chi connectivity index (χ0v) is 18.8. The van der Waals surface area contributed by atoms with Crippen molar-refractivity contribution < 1.29 is 4.52 Å². The number of guanidine groups is 1. The van der Waals surface area contributed by atoms with Crippen LogP contribution >= 0.6 is 35.6 Å². The van der Waals surface area contributed by atoms with Gasteiger partial charge in [0.05, 0.1) is 0 Å². The predicted octanol–water partition coefficient (Wildman–Crippen LogP) is 4.10. The molecule has 0 amide bonds.